The fraction of sp³-hybridized carbons (Fsp3) is 0.750. The van der Waals surface area contributed by atoms with Gasteiger partial charge in [-0.05, 0) is 26.2 Å². The average Bonchev–Trinajstić information content (AvgIpc) is 3.17. The second-order valence-electron chi connectivity index (χ2n) is 6.11. The summed E-state index contributed by atoms with van der Waals surface area (Å²) in [5.74, 6) is 0.810. The lowest BCUT2D eigenvalue weighted by atomic mass is 9.84. The summed E-state index contributed by atoms with van der Waals surface area (Å²) in [4.78, 5) is 8.74. The predicted octanol–water partition coefficient (Wildman–Crippen LogP) is 1.96. The van der Waals surface area contributed by atoms with Gasteiger partial charge in [-0.2, -0.15) is 0 Å². The number of rotatable bonds is 8. The molecule has 1 aromatic heterocycles. The summed E-state index contributed by atoms with van der Waals surface area (Å²) in [7, 11) is 1.78. The summed E-state index contributed by atoms with van der Waals surface area (Å²) >= 11 is 1.72. The lowest BCUT2D eigenvalue weighted by Gasteiger charge is -2.27. The second-order valence-corrected chi connectivity index (χ2v) is 7.06. The molecular weight excluding hydrogens is 439 g/mol. The number of nitrogens with one attached hydrogen (secondary N) is 2. The number of aryl methyl sites for hydroxylation is 2. The number of hydrogen-bond donors (Lipinski definition) is 3. The van der Waals surface area contributed by atoms with Gasteiger partial charge in [-0.25, -0.2) is 4.98 Å². The molecule has 24 heavy (non-hydrogen) atoms. The van der Waals surface area contributed by atoms with Crippen LogP contribution in [0.25, 0.3) is 0 Å². The van der Waals surface area contributed by atoms with Crippen LogP contribution in [0.5, 0.6) is 0 Å². The molecule has 0 aromatic carbocycles. The molecule has 0 saturated carbocycles. The zero-order chi connectivity index (χ0) is 16.5. The van der Waals surface area contributed by atoms with Gasteiger partial charge in [-0.15, -0.1) is 35.3 Å². The topological polar surface area (TPSA) is 78.8 Å². The Hall–Kier alpha value is -0.450. The standard InChI is InChI=1S/C16H28N4O2S.HI/c1-13-10-23-14(20-13)4-3-7-18-15(17-2)19-11-16(5-8-21)6-9-22-12-16;/h10,21H,3-9,11-12H2,1-2H3,(H2,17,18,19);1H. The molecule has 0 aliphatic carbocycles. The highest BCUT2D eigenvalue weighted by Gasteiger charge is 2.34. The van der Waals surface area contributed by atoms with Gasteiger partial charge in [0.15, 0.2) is 5.96 Å². The third-order valence-electron chi connectivity index (χ3n) is 4.21. The number of ether oxygens (including phenoxy) is 1. The van der Waals surface area contributed by atoms with Crippen molar-refractivity contribution in [3.05, 3.63) is 16.1 Å². The van der Waals surface area contributed by atoms with Gasteiger partial charge >= 0.3 is 0 Å². The molecule has 0 radical (unpaired) electrons. The van der Waals surface area contributed by atoms with Crippen LogP contribution >= 0.6 is 35.3 Å². The summed E-state index contributed by atoms with van der Waals surface area (Å²) in [6, 6.07) is 0. The number of aliphatic hydroxyl groups is 1. The summed E-state index contributed by atoms with van der Waals surface area (Å²) in [6.45, 7) is 5.35. The highest BCUT2D eigenvalue weighted by Crippen LogP contribution is 2.31. The van der Waals surface area contributed by atoms with E-state index < -0.39 is 0 Å². The number of thiazole rings is 1. The quantitative estimate of drug-likeness (QED) is 0.235. The van der Waals surface area contributed by atoms with Crippen LogP contribution in [0, 0.1) is 12.3 Å². The summed E-state index contributed by atoms with van der Waals surface area (Å²) < 4.78 is 5.51. The molecule has 1 aliphatic heterocycles. The van der Waals surface area contributed by atoms with Crippen molar-refractivity contribution in [2.45, 2.75) is 32.6 Å². The van der Waals surface area contributed by atoms with Crippen LogP contribution in [-0.2, 0) is 11.2 Å². The van der Waals surface area contributed by atoms with Crippen LogP contribution in [0.15, 0.2) is 10.4 Å². The minimum atomic E-state index is 0. The molecule has 1 saturated heterocycles. The average molecular weight is 468 g/mol. The third kappa shape index (κ3) is 6.81. The first kappa shape index (κ1) is 21.6. The van der Waals surface area contributed by atoms with Gasteiger partial charge < -0.3 is 20.5 Å². The molecule has 0 spiro atoms. The van der Waals surface area contributed by atoms with Crippen LogP contribution in [0.3, 0.4) is 0 Å². The van der Waals surface area contributed by atoms with E-state index in [-0.39, 0.29) is 36.0 Å². The lowest BCUT2D eigenvalue weighted by Crippen LogP contribution is -2.44. The summed E-state index contributed by atoms with van der Waals surface area (Å²) in [5.41, 5.74) is 1.13. The van der Waals surface area contributed by atoms with E-state index in [4.69, 9.17) is 4.74 Å². The predicted molar refractivity (Wildman–Crippen MR) is 110 cm³/mol. The molecule has 1 aliphatic rings. The molecule has 8 heteroatoms. The maximum atomic E-state index is 9.26. The van der Waals surface area contributed by atoms with Gasteiger partial charge in [-0.3, -0.25) is 4.99 Å². The van der Waals surface area contributed by atoms with E-state index in [0.29, 0.717) is 6.61 Å². The summed E-state index contributed by atoms with van der Waals surface area (Å²) in [5, 5.41) is 19.3. The first-order valence-electron chi connectivity index (χ1n) is 8.21. The largest absolute Gasteiger partial charge is 0.396 e. The second kappa shape index (κ2) is 11.2. The molecule has 138 valence electrons. The molecule has 2 heterocycles. The fourth-order valence-corrected chi connectivity index (χ4v) is 3.59. The van der Waals surface area contributed by atoms with Gasteiger partial charge in [0.1, 0.15) is 0 Å². The Morgan fingerprint density at radius 3 is 2.92 bits per heavy atom. The number of aromatic nitrogens is 1. The highest BCUT2D eigenvalue weighted by molar-refractivity contribution is 14.0. The van der Waals surface area contributed by atoms with Gasteiger partial charge in [0.2, 0.25) is 0 Å². The van der Waals surface area contributed by atoms with Gasteiger partial charge in [-0.1, -0.05) is 0 Å². The maximum absolute atomic E-state index is 9.26. The van der Waals surface area contributed by atoms with Crippen molar-refractivity contribution in [1.29, 1.82) is 0 Å². The van der Waals surface area contributed by atoms with Crippen molar-refractivity contribution in [2.75, 3.05) is 40.0 Å². The van der Waals surface area contributed by atoms with E-state index in [1.807, 2.05) is 6.92 Å². The number of guanidine groups is 1. The van der Waals surface area contributed by atoms with Crippen LogP contribution in [0.4, 0.5) is 0 Å². The Balaban J connectivity index is 0.00000288. The van der Waals surface area contributed by atoms with Gasteiger partial charge in [0, 0.05) is 56.3 Å². The molecule has 2 rings (SSSR count). The maximum Gasteiger partial charge on any atom is 0.190 e. The van der Waals surface area contributed by atoms with E-state index >= 15 is 0 Å². The third-order valence-corrected chi connectivity index (χ3v) is 5.23. The SMILES string of the molecule is CN=C(NCCCc1nc(C)cs1)NCC1(CCO)CCOC1.I. The molecule has 1 aromatic rings. The fourth-order valence-electron chi connectivity index (χ4n) is 2.77. The molecule has 3 N–H and O–H groups in total. The monoisotopic (exact) mass is 468 g/mol. The van der Waals surface area contributed by atoms with E-state index in [0.717, 1.165) is 57.0 Å². The van der Waals surface area contributed by atoms with Crippen molar-refractivity contribution in [3.8, 4) is 0 Å². The number of nitrogens with zero attached hydrogens (tertiary/aromatic N) is 2. The van der Waals surface area contributed by atoms with Crippen LogP contribution < -0.4 is 10.6 Å². The Labute approximate surface area is 165 Å². The van der Waals surface area contributed by atoms with Crippen molar-refractivity contribution >= 4 is 41.3 Å². The smallest absolute Gasteiger partial charge is 0.190 e. The van der Waals surface area contributed by atoms with Crippen molar-refractivity contribution in [2.24, 2.45) is 10.4 Å². The van der Waals surface area contributed by atoms with Crippen molar-refractivity contribution in [1.82, 2.24) is 15.6 Å². The Kier molecular flexibility index (Phi) is 10.1. The van der Waals surface area contributed by atoms with Crippen LogP contribution in [-0.4, -0.2) is 56.0 Å². The number of aliphatic imine (C=N–C) groups is 1. The Morgan fingerprint density at radius 2 is 2.33 bits per heavy atom. The summed E-state index contributed by atoms with van der Waals surface area (Å²) in [6.07, 6.45) is 3.77. The van der Waals surface area contributed by atoms with Gasteiger partial charge in [0.25, 0.3) is 0 Å². The van der Waals surface area contributed by atoms with Crippen molar-refractivity contribution in [3.63, 3.8) is 0 Å². The molecule has 0 amide bonds. The number of hydrogen-bond acceptors (Lipinski definition) is 5. The van der Waals surface area contributed by atoms with Crippen molar-refractivity contribution < 1.29 is 9.84 Å². The Bertz CT molecular complexity index is 504. The highest BCUT2D eigenvalue weighted by atomic mass is 127. The molecule has 0 bridgehead atoms. The molecule has 1 unspecified atom stereocenters. The van der Waals surface area contributed by atoms with Gasteiger partial charge in [0.05, 0.1) is 11.6 Å². The molecular formula is C16H29IN4O2S. The van der Waals surface area contributed by atoms with E-state index in [9.17, 15) is 5.11 Å². The number of halogens is 1. The molecule has 1 atom stereocenters. The zero-order valence-corrected chi connectivity index (χ0v) is 17.7. The molecule has 1 fully saturated rings. The zero-order valence-electron chi connectivity index (χ0n) is 14.5. The van der Waals surface area contributed by atoms with E-state index in [2.05, 4.69) is 26.0 Å². The first-order chi connectivity index (χ1) is 11.2. The lowest BCUT2D eigenvalue weighted by molar-refractivity contribution is 0.127. The van der Waals surface area contributed by atoms with E-state index in [1.165, 1.54) is 5.01 Å². The normalized spacial score (nSPS) is 20.7. The minimum absolute atomic E-state index is 0. The van der Waals surface area contributed by atoms with Crippen LogP contribution in [0.1, 0.15) is 30.0 Å². The van der Waals surface area contributed by atoms with E-state index in [1.54, 1.807) is 18.4 Å². The van der Waals surface area contributed by atoms with Crippen LogP contribution in [0.2, 0.25) is 0 Å². The molecule has 6 nitrogen and oxygen atoms in total. The minimum Gasteiger partial charge on any atom is -0.396 e. The first-order valence-corrected chi connectivity index (χ1v) is 9.09. The Morgan fingerprint density at radius 1 is 1.50 bits per heavy atom. The number of aliphatic hydroxyl groups excluding tert-OH is 1.